The molecule has 1 aliphatic heterocycles. The number of hydrogen-bond acceptors (Lipinski definition) is 3. The second-order valence-electron chi connectivity index (χ2n) is 8.39. The molecule has 1 fully saturated rings. The van der Waals surface area contributed by atoms with E-state index in [4.69, 9.17) is 0 Å². The third-order valence-corrected chi connectivity index (χ3v) is 6.04. The lowest BCUT2D eigenvalue weighted by atomic mass is 10.0. The van der Waals surface area contributed by atoms with Crippen LogP contribution in [-0.4, -0.2) is 53.1 Å². The van der Waals surface area contributed by atoms with Crippen molar-refractivity contribution in [2.75, 3.05) is 26.7 Å². The molecule has 1 aromatic heterocycles. The van der Waals surface area contributed by atoms with E-state index in [0.29, 0.717) is 6.04 Å². The summed E-state index contributed by atoms with van der Waals surface area (Å²) in [6.45, 7) is 4.92. The number of piperidine rings is 1. The van der Waals surface area contributed by atoms with Crippen molar-refractivity contribution in [3.05, 3.63) is 90.0 Å². The van der Waals surface area contributed by atoms with E-state index in [1.165, 1.54) is 11.1 Å². The van der Waals surface area contributed by atoms with Gasteiger partial charge in [-0.05, 0) is 24.0 Å². The van der Waals surface area contributed by atoms with Gasteiger partial charge in [0.1, 0.15) is 5.82 Å². The second kappa shape index (κ2) is 13.3. The first-order valence-corrected chi connectivity index (χ1v) is 11.6. The van der Waals surface area contributed by atoms with E-state index in [2.05, 4.69) is 90.9 Å². The third kappa shape index (κ3) is 7.85. The fourth-order valence-electron chi connectivity index (χ4n) is 4.25. The van der Waals surface area contributed by atoms with Gasteiger partial charge >= 0.3 is 0 Å². The number of halogens is 1. The second-order valence-corrected chi connectivity index (χ2v) is 8.39. The zero-order valence-corrected chi connectivity index (χ0v) is 21.7. The lowest BCUT2D eigenvalue weighted by molar-refractivity contribution is 0.198. The quantitative estimate of drug-likeness (QED) is 0.250. The third-order valence-electron chi connectivity index (χ3n) is 6.04. The van der Waals surface area contributed by atoms with Crippen molar-refractivity contribution in [2.24, 2.45) is 4.99 Å². The smallest absolute Gasteiger partial charge is 0.191 e. The number of nitrogens with zero attached hydrogens (tertiary/aromatic N) is 4. The maximum Gasteiger partial charge on any atom is 0.191 e. The van der Waals surface area contributed by atoms with Gasteiger partial charge < -0.3 is 15.2 Å². The van der Waals surface area contributed by atoms with Gasteiger partial charge in [-0.2, -0.15) is 0 Å². The van der Waals surface area contributed by atoms with E-state index in [0.717, 1.165) is 63.8 Å². The Morgan fingerprint density at radius 3 is 2.24 bits per heavy atom. The molecule has 4 rings (SSSR count). The highest BCUT2D eigenvalue weighted by Crippen LogP contribution is 2.14. The summed E-state index contributed by atoms with van der Waals surface area (Å²) in [5.74, 6) is 1.97. The first-order chi connectivity index (χ1) is 15.8. The van der Waals surface area contributed by atoms with Gasteiger partial charge in [-0.25, -0.2) is 4.98 Å². The molecular formula is C26H35IN6. The monoisotopic (exact) mass is 558 g/mol. The Hall–Kier alpha value is -2.39. The van der Waals surface area contributed by atoms with Crippen LogP contribution in [0.2, 0.25) is 0 Å². The van der Waals surface area contributed by atoms with Gasteiger partial charge in [-0.1, -0.05) is 60.7 Å². The van der Waals surface area contributed by atoms with Crippen molar-refractivity contribution in [3.63, 3.8) is 0 Å². The molecule has 0 saturated carbocycles. The van der Waals surface area contributed by atoms with Crippen LogP contribution in [-0.2, 0) is 19.5 Å². The summed E-state index contributed by atoms with van der Waals surface area (Å²) >= 11 is 0. The summed E-state index contributed by atoms with van der Waals surface area (Å²) in [4.78, 5) is 11.5. The van der Waals surface area contributed by atoms with Crippen molar-refractivity contribution in [1.29, 1.82) is 0 Å². The van der Waals surface area contributed by atoms with Crippen LogP contribution in [0.3, 0.4) is 0 Å². The number of aliphatic imine (C=N–C) groups is 1. The summed E-state index contributed by atoms with van der Waals surface area (Å²) in [5.41, 5.74) is 2.68. The highest BCUT2D eigenvalue weighted by atomic mass is 127. The lowest BCUT2D eigenvalue weighted by Gasteiger charge is -2.33. The van der Waals surface area contributed by atoms with Gasteiger partial charge in [0.05, 0.1) is 0 Å². The summed E-state index contributed by atoms with van der Waals surface area (Å²) in [5, 5.41) is 7.08. The molecule has 0 bridgehead atoms. The summed E-state index contributed by atoms with van der Waals surface area (Å²) in [6, 6.07) is 21.7. The predicted octanol–water partition coefficient (Wildman–Crippen LogP) is 3.92. The van der Waals surface area contributed by atoms with Gasteiger partial charge in [0.25, 0.3) is 0 Å². The molecule has 0 aliphatic carbocycles. The lowest BCUT2D eigenvalue weighted by Crippen LogP contribution is -2.48. The number of likely N-dealkylation sites (tertiary alicyclic amines) is 1. The normalized spacial score (nSPS) is 15.1. The molecule has 0 radical (unpaired) electrons. The largest absolute Gasteiger partial charge is 0.356 e. The minimum atomic E-state index is 0. The van der Waals surface area contributed by atoms with E-state index < -0.39 is 0 Å². The SMILES string of the molecule is CN=C(NCCc1nccn1Cc1ccccc1)NC1CCN(Cc2ccccc2)CC1.I. The van der Waals surface area contributed by atoms with Crippen LogP contribution in [0.25, 0.3) is 0 Å². The molecule has 2 N–H and O–H groups in total. The highest BCUT2D eigenvalue weighted by molar-refractivity contribution is 14.0. The summed E-state index contributed by atoms with van der Waals surface area (Å²) in [7, 11) is 1.84. The molecule has 7 heteroatoms. The first-order valence-electron chi connectivity index (χ1n) is 11.6. The molecule has 2 aromatic carbocycles. The molecule has 33 heavy (non-hydrogen) atoms. The van der Waals surface area contributed by atoms with Crippen LogP contribution in [0.5, 0.6) is 0 Å². The standard InChI is InChI=1S/C26H34N6.HI/c1-27-26(30-24-13-17-31(18-14-24)20-22-8-4-2-5-9-22)29-15-12-25-28-16-19-32(25)21-23-10-6-3-7-11-23;/h2-11,16,19,24H,12-15,17-18,20-21H2,1H3,(H2,27,29,30);1H. The molecule has 0 spiro atoms. The predicted molar refractivity (Wildman–Crippen MR) is 146 cm³/mol. The van der Waals surface area contributed by atoms with Crippen molar-refractivity contribution >= 4 is 29.9 Å². The van der Waals surface area contributed by atoms with Crippen LogP contribution in [0, 0.1) is 0 Å². The Kier molecular flexibility index (Phi) is 10.2. The fourth-order valence-corrected chi connectivity index (χ4v) is 4.25. The maximum absolute atomic E-state index is 4.55. The average molecular weight is 559 g/mol. The maximum atomic E-state index is 4.55. The van der Waals surface area contributed by atoms with Gasteiger partial charge in [0, 0.05) is 64.6 Å². The number of benzene rings is 2. The Morgan fingerprint density at radius 2 is 1.61 bits per heavy atom. The van der Waals surface area contributed by atoms with E-state index in [-0.39, 0.29) is 24.0 Å². The summed E-state index contributed by atoms with van der Waals surface area (Å²) in [6.07, 6.45) is 7.06. The average Bonchev–Trinajstić information content (AvgIpc) is 3.27. The van der Waals surface area contributed by atoms with Crippen LogP contribution in [0.1, 0.15) is 29.8 Å². The Balaban J connectivity index is 0.00000306. The summed E-state index contributed by atoms with van der Waals surface area (Å²) < 4.78 is 2.22. The molecule has 176 valence electrons. The van der Waals surface area contributed by atoms with Gasteiger partial charge in [0.2, 0.25) is 0 Å². The molecule has 3 aromatic rings. The Labute approximate surface area is 214 Å². The molecular weight excluding hydrogens is 523 g/mol. The van der Waals surface area contributed by atoms with Crippen molar-refractivity contribution in [2.45, 2.75) is 38.4 Å². The van der Waals surface area contributed by atoms with Crippen LogP contribution in [0.15, 0.2) is 78.0 Å². The number of imidazole rings is 1. The zero-order valence-electron chi connectivity index (χ0n) is 19.4. The number of rotatable bonds is 8. The van der Waals surface area contributed by atoms with E-state index >= 15 is 0 Å². The molecule has 0 atom stereocenters. The Morgan fingerprint density at radius 1 is 0.970 bits per heavy atom. The number of aromatic nitrogens is 2. The molecule has 1 aliphatic rings. The number of nitrogens with one attached hydrogen (secondary N) is 2. The van der Waals surface area contributed by atoms with Gasteiger partial charge in [-0.3, -0.25) is 9.89 Å². The minimum absolute atomic E-state index is 0. The molecule has 0 unspecified atom stereocenters. The molecule has 1 saturated heterocycles. The number of hydrogen-bond donors (Lipinski definition) is 2. The topological polar surface area (TPSA) is 57.5 Å². The van der Waals surface area contributed by atoms with Crippen LogP contribution in [0.4, 0.5) is 0 Å². The van der Waals surface area contributed by atoms with Crippen molar-refractivity contribution in [3.8, 4) is 0 Å². The van der Waals surface area contributed by atoms with Crippen molar-refractivity contribution < 1.29 is 0 Å². The van der Waals surface area contributed by atoms with Gasteiger partial charge in [0.15, 0.2) is 5.96 Å². The fraction of sp³-hybridized carbons (Fsp3) is 0.385. The Bertz CT molecular complexity index is 965. The molecule has 6 nitrogen and oxygen atoms in total. The van der Waals surface area contributed by atoms with E-state index in [1.54, 1.807) is 0 Å². The van der Waals surface area contributed by atoms with Crippen molar-refractivity contribution in [1.82, 2.24) is 25.1 Å². The van der Waals surface area contributed by atoms with Crippen LogP contribution < -0.4 is 10.6 Å². The molecule has 2 heterocycles. The van der Waals surface area contributed by atoms with E-state index in [9.17, 15) is 0 Å². The highest BCUT2D eigenvalue weighted by Gasteiger charge is 2.20. The van der Waals surface area contributed by atoms with Gasteiger partial charge in [-0.15, -0.1) is 24.0 Å². The van der Waals surface area contributed by atoms with Crippen LogP contribution >= 0.6 is 24.0 Å². The minimum Gasteiger partial charge on any atom is -0.356 e. The first kappa shape index (κ1) is 25.2. The van der Waals surface area contributed by atoms with E-state index in [1.807, 2.05) is 19.3 Å². The zero-order chi connectivity index (χ0) is 22.0. The molecule has 0 amide bonds. The number of guanidine groups is 1.